The summed E-state index contributed by atoms with van der Waals surface area (Å²) in [5.74, 6) is -0.493. The van der Waals surface area contributed by atoms with E-state index in [4.69, 9.17) is 4.42 Å². The highest BCUT2D eigenvalue weighted by atomic mass is 32.2. The summed E-state index contributed by atoms with van der Waals surface area (Å²) >= 11 is 0. The van der Waals surface area contributed by atoms with Crippen LogP contribution in [0.1, 0.15) is 12.5 Å². The first kappa shape index (κ1) is 15.4. The first-order chi connectivity index (χ1) is 10.9. The summed E-state index contributed by atoms with van der Waals surface area (Å²) in [6, 6.07) is 11.7. The van der Waals surface area contributed by atoms with Gasteiger partial charge in [0.05, 0.1) is 10.4 Å². The Labute approximate surface area is 133 Å². The molecule has 7 heteroatoms. The summed E-state index contributed by atoms with van der Waals surface area (Å²) in [7, 11) is -3.77. The highest BCUT2D eigenvalue weighted by Crippen LogP contribution is 2.24. The molecule has 2 aromatic carbocycles. The number of aromatic nitrogens is 1. The van der Waals surface area contributed by atoms with Crippen LogP contribution in [0.25, 0.3) is 11.1 Å². The molecule has 0 aliphatic rings. The lowest BCUT2D eigenvalue weighted by Gasteiger charge is -2.10. The minimum absolute atomic E-state index is 0.0888. The van der Waals surface area contributed by atoms with Gasteiger partial charge in [-0.2, -0.15) is 0 Å². The number of nitrogens with one attached hydrogen (secondary N) is 1. The van der Waals surface area contributed by atoms with Crippen molar-refractivity contribution in [2.45, 2.75) is 25.3 Å². The van der Waals surface area contributed by atoms with Crippen LogP contribution in [-0.4, -0.2) is 13.0 Å². The van der Waals surface area contributed by atoms with Gasteiger partial charge in [0.2, 0.25) is 0 Å². The summed E-state index contributed by atoms with van der Waals surface area (Å²) in [5.41, 5.74) is 1.87. The number of aryl methyl sites for hydroxylation is 2. The van der Waals surface area contributed by atoms with Crippen molar-refractivity contribution < 1.29 is 12.8 Å². The first-order valence-electron chi connectivity index (χ1n) is 7.14. The predicted molar refractivity (Wildman–Crippen MR) is 88.1 cm³/mol. The number of rotatable bonds is 4. The highest BCUT2D eigenvalue weighted by molar-refractivity contribution is 7.92. The third kappa shape index (κ3) is 2.75. The number of hydrogen-bond donors (Lipinski definition) is 1. The molecule has 0 amide bonds. The Morgan fingerprint density at radius 3 is 2.52 bits per heavy atom. The highest BCUT2D eigenvalue weighted by Gasteiger charge is 2.20. The molecule has 0 aliphatic carbocycles. The Balaban J connectivity index is 2.12. The van der Waals surface area contributed by atoms with E-state index in [0.29, 0.717) is 23.3 Å². The van der Waals surface area contributed by atoms with Gasteiger partial charge in [0.25, 0.3) is 10.0 Å². The predicted octanol–water partition coefficient (Wildman–Crippen LogP) is 2.72. The molecule has 3 aromatic rings. The molecule has 6 nitrogen and oxygen atoms in total. The molecule has 0 bridgehead atoms. The Morgan fingerprint density at radius 2 is 1.87 bits per heavy atom. The number of oxazole rings is 1. The molecule has 0 spiro atoms. The van der Waals surface area contributed by atoms with Crippen LogP contribution in [0, 0.1) is 6.92 Å². The summed E-state index contributed by atoms with van der Waals surface area (Å²) in [6.07, 6.45) is 0. The van der Waals surface area contributed by atoms with Gasteiger partial charge in [0, 0.05) is 18.3 Å². The van der Waals surface area contributed by atoms with Crippen molar-refractivity contribution in [3.05, 3.63) is 58.6 Å². The maximum atomic E-state index is 12.6. The van der Waals surface area contributed by atoms with Crippen LogP contribution in [0.4, 0.5) is 5.69 Å². The number of fused-ring (bicyclic) bond motifs is 1. The summed E-state index contributed by atoms with van der Waals surface area (Å²) in [5, 5.41) is 0. The lowest BCUT2D eigenvalue weighted by molar-refractivity contribution is 0.512. The quantitative estimate of drug-likeness (QED) is 0.796. The maximum absolute atomic E-state index is 12.6. The van der Waals surface area contributed by atoms with E-state index < -0.39 is 15.8 Å². The average Bonchev–Trinajstić information content (AvgIpc) is 2.81. The topological polar surface area (TPSA) is 81.3 Å². The minimum atomic E-state index is -3.77. The molecular formula is C16H16N2O4S. The fourth-order valence-electron chi connectivity index (χ4n) is 2.50. The van der Waals surface area contributed by atoms with E-state index in [1.54, 1.807) is 43.3 Å². The van der Waals surface area contributed by atoms with Crippen LogP contribution in [0.15, 0.2) is 56.6 Å². The van der Waals surface area contributed by atoms with Gasteiger partial charge < -0.3 is 4.42 Å². The van der Waals surface area contributed by atoms with Gasteiger partial charge in [0.15, 0.2) is 5.58 Å². The second kappa shape index (κ2) is 5.58. The van der Waals surface area contributed by atoms with E-state index in [1.165, 1.54) is 10.6 Å². The summed E-state index contributed by atoms with van der Waals surface area (Å²) in [6.45, 7) is 3.98. The number of benzene rings is 2. The Hall–Kier alpha value is -2.54. The van der Waals surface area contributed by atoms with E-state index in [-0.39, 0.29) is 10.5 Å². The molecule has 1 aromatic heterocycles. The van der Waals surface area contributed by atoms with Crippen LogP contribution in [-0.2, 0) is 16.6 Å². The first-order valence-corrected chi connectivity index (χ1v) is 8.62. The monoisotopic (exact) mass is 332 g/mol. The third-order valence-electron chi connectivity index (χ3n) is 3.60. The number of sulfonamides is 1. The van der Waals surface area contributed by atoms with Crippen molar-refractivity contribution in [1.82, 2.24) is 4.57 Å². The molecule has 0 fully saturated rings. The van der Waals surface area contributed by atoms with Gasteiger partial charge in [-0.3, -0.25) is 9.29 Å². The van der Waals surface area contributed by atoms with Crippen molar-refractivity contribution in [3.63, 3.8) is 0 Å². The van der Waals surface area contributed by atoms with Crippen LogP contribution in [0.2, 0.25) is 0 Å². The van der Waals surface area contributed by atoms with Gasteiger partial charge in [-0.1, -0.05) is 18.2 Å². The molecule has 120 valence electrons. The number of nitrogens with zero attached hydrogens (tertiary/aromatic N) is 1. The minimum Gasteiger partial charge on any atom is -0.408 e. The second-order valence-corrected chi connectivity index (χ2v) is 6.82. The SMILES string of the molecule is CCn1c(=O)oc2cc(S(=O)(=O)Nc3ccccc3)c(C)cc21. The molecule has 0 saturated heterocycles. The van der Waals surface area contributed by atoms with E-state index >= 15 is 0 Å². The van der Waals surface area contributed by atoms with Crippen molar-refractivity contribution >= 4 is 26.8 Å². The van der Waals surface area contributed by atoms with Crippen LogP contribution in [0.3, 0.4) is 0 Å². The molecule has 1 N–H and O–H groups in total. The molecule has 23 heavy (non-hydrogen) atoms. The van der Waals surface area contributed by atoms with E-state index in [9.17, 15) is 13.2 Å². The fourth-order valence-corrected chi connectivity index (χ4v) is 3.80. The zero-order chi connectivity index (χ0) is 16.6. The number of anilines is 1. The number of hydrogen-bond acceptors (Lipinski definition) is 4. The fraction of sp³-hybridized carbons (Fsp3) is 0.188. The maximum Gasteiger partial charge on any atom is 0.419 e. The smallest absolute Gasteiger partial charge is 0.408 e. The normalized spacial score (nSPS) is 11.7. The molecule has 0 aliphatic heterocycles. The van der Waals surface area contributed by atoms with Gasteiger partial charge >= 0.3 is 5.76 Å². The van der Waals surface area contributed by atoms with Gasteiger partial charge in [-0.25, -0.2) is 13.2 Å². The Bertz CT molecular complexity index is 1020. The van der Waals surface area contributed by atoms with E-state index in [0.717, 1.165) is 0 Å². The van der Waals surface area contributed by atoms with E-state index in [1.807, 2.05) is 6.92 Å². The molecule has 0 saturated carbocycles. The third-order valence-corrected chi connectivity index (χ3v) is 5.12. The van der Waals surface area contributed by atoms with Gasteiger partial charge in [-0.15, -0.1) is 0 Å². The van der Waals surface area contributed by atoms with Crippen LogP contribution >= 0.6 is 0 Å². The van der Waals surface area contributed by atoms with Crippen molar-refractivity contribution in [3.8, 4) is 0 Å². The van der Waals surface area contributed by atoms with Crippen LogP contribution in [0.5, 0.6) is 0 Å². The average molecular weight is 332 g/mol. The molecule has 3 rings (SSSR count). The summed E-state index contributed by atoms with van der Waals surface area (Å²) < 4.78 is 34.3. The molecule has 0 unspecified atom stereocenters. The molecule has 0 atom stereocenters. The standard InChI is InChI=1S/C16H16N2O4S/c1-3-18-13-9-11(2)15(10-14(13)22-16(18)19)23(20,21)17-12-7-5-4-6-8-12/h4-10,17H,3H2,1-2H3. The van der Waals surface area contributed by atoms with Gasteiger partial charge in [-0.05, 0) is 37.6 Å². The lowest BCUT2D eigenvalue weighted by Crippen LogP contribution is -2.14. The lowest BCUT2D eigenvalue weighted by atomic mass is 10.2. The van der Waals surface area contributed by atoms with Crippen LogP contribution < -0.4 is 10.5 Å². The number of para-hydroxylation sites is 1. The van der Waals surface area contributed by atoms with E-state index in [2.05, 4.69) is 4.72 Å². The Kier molecular flexibility index (Phi) is 3.73. The Morgan fingerprint density at radius 1 is 1.17 bits per heavy atom. The zero-order valence-corrected chi connectivity index (χ0v) is 13.6. The van der Waals surface area contributed by atoms with Crippen molar-refractivity contribution in [2.75, 3.05) is 4.72 Å². The molecule has 1 heterocycles. The summed E-state index contributed by atoms with van der Waals surface area (Å²) in [4.78, 5) is 11.9. The molecule has 0 radical (unpaired) electrons. The van der Waals surface area contributed by atoms with Crippen molar-refractivity contribution in [2.24, 2.45) is 0 Å². The second-order valence-electron chi connectivity index (χ2n) is 5.17. The molecular weight excluding hydrogens is 316 g/mol. The zero-order valence-electron chi connectivity index (χ0n) is 12.7. The van der Waals surface area contributed by atoms with Crippen molar-refractivity contribution in [1.29, 1.82) is 0 Å². The largest absolute Gasteiger partial charge is 0.419 e. The van der Waals surface area contributed by atoms with Gasteiger partial charge in [0.1, 0.15) is 0 Å².